The van der Waals surface area contributed by atoms with Crippen LogP contribution in [0.4, 0.5) is 5.69 Å². The van der Waals surface area contributed by atoms with Crippen molar-refractivity contribution < 1.29 is 4.79 Å². The molecule has 0 unspecified atom stereocenters. The van der Waals surface area contributed by atoms with E-state index in [2.05, 4.69) is 15.3 Å². The van der Waals surface area contributed by atoms with Crippen LogP contribution >= 0.6 is 11.8 Å². The van der Waals surface area contributed by atoms with Crippen LogP contribution in [-0.4, -0.2) is 25.1 Å². The average molecular weight is 478 g/mol. The highest BCUT2D eigenvalue weighted by molar-refractivity contribution is 7.98. The summed E-state index contributed by atoms with van der Waals surface area (Å²) in [6.45, 7) is 4.01. The smallest absolute Gasteiger partial charge is 0.274 e. The molecule has 4 aliphatic carbocycles. The molecule has 178 valence electrons. The Hall–Kier alpha value is -2.61. The number of thioether (sulfide) groups is 1. The third kappa shape index (κ3) is 3.85. The van der Waals surface area contributed by atoms with Gasteiger partial charge in [-0.05, 0) is 94.4 Å². The van der Waals surface area contributed by atoms with Crippen molar-refractivity contribution in [2.75, 3.05) is 5.32 Å². The first-order valence-corrected chi connectivity index (χ1v) is 13.4. The van der Waals surface area contributed by atoms with Gasteiger partial charge in [0.05, 0.1) is 11.1 Å². The van der Waals surface area contributed by atoms with Crippen molar-refractivity contribution in [1.29, 1.82) is 0 Å². The summed E-state index contributed by atoms with van der Waals surface area (Å²) in [4.78, 5) is 35.8. The second-order valence-corrected chi connectivity index (χ2v) is 11.9. The van der Waals surface area contributed by atoms with Gasteiger partial charge in [-0.2, -0.15) is 9.50 Å². The predicted octanol–water partition coefficient (Wildman–Crippen LogP) is 4.92. The second kappa shape index (κ2) is 8.26. The van der Waals surface area contributed by atoms with Crippen molar-refractivity contribution in [3.8, 4) is 0 Å². The lowest BCUT2D eigenvalue weighted by molar-refractivity contribution is -0.140. The first-order chi connectivity index (χ1) is 16.4. The molecule has 2 aromatic heterocycles. The zero-order valence-electron chi connectivity index (χ0n) is 19.7. The molecule has 34 heavy (non-hydrogen) atoms. The van der Waals surface area contributed by atoms with Crippen LogP contribution in [0.5, 0.6) is 0 Å². The van der Waals surface area contributed by atoms with Crippen LogP contribution in [0.15, 0.2) is 46.3 Å². The molecule has 8 heteroatoms. The minimum absolute atomic E-state index is 0.116. The predicted molar refractivity (Wildman–Crippen MR) is 133 cm³/mol. The molecule has 4 fully saturated rings. The van der Waals surface area contributed by atoms with E-state index in [1.165, 1.54) is 23.8 Å². The quantitative estimate of drug-likeness (QED) is 0.510. The van der Waals surface area contributed by atoms with Gasteiger partial charge >= 0.3 is 0 Å². The number of hydrogen-bond donors (Lipinski definition) is 1. The van der Waals surface area contributed by atoms with E-state index in [4.69, 9.17) is 0 Å². The van der Waals surface area contributed by atoms with Gasteiger partial charge in [-0.3, -0.25) is 14.3 Å². The summed E-state index contributed by atoms with van der Waals surface area (Å²) in [6.07, 6.45) is 8.90. The number of anilines is 1. The molecule has 1 N–H and O–H groups in total. The van der Waals surface area contributed by atoms with Crippen LogP contribution in [0, 0.1) is 23.2 Å². The molecule has 4 bridgehead atoms. The Bertz CT molecular complexity index is 1260. The number of carbonyl (C=O) groups is 1. The summed E-state index contributed by atoms with van der Waals surface area (Å²) >= 11 is 1.62. The first-order valence-electron chi connectivity index (χ1n) is 12.4. The minimum Gasteiger partial charge on any atom is -0.326 e. The fourth-order valence-electron chi connectivity index (χ4n) is 6.86. The molecule has 3 aromatic rings. The van der Waals surface area contributed by atoms with E-state index in [1.807, 2.05) is 38.1 Å². The number of rotatable bonds is 6. The molecule has 0 aliphatic heterocycles. The summed E-state index contributed by atoms with van der Waals surface area (Å²) in [5, 5.41) is 3.22. The van der Waals surface area contributed by atoms with Crippen molar-refractivity contribution >= 4 is 29.1 Å². The van der Waals surface area contributed by atoms with Crippen molar-refractivity contribution in [2.24, 2.45) is 23.2 Å². The zero-order chi connectivity index (χ0) is 23.4. The highest BCUT2D eigenvalue weighted by Crippen LogP contribution is 2.60. The third-order valence-corrected chi connectivity index (χ3v) is 9.05. The lowest BCUT2D eigenvalue weighted by atomic mass is 9.49. The van der Waals surface area contributed by atoms with Gasteiger partial charge < -0.3 is 5.32 Å². The van der Waals surface area contributed by atoms with Gasteiger partial charge in [0, 0.05) is 28.4 Å². The van der Waals surface area contributed by atoms with E-state index in [0.29, 0.717) is 17.2 Å². The molecule has 4 saturated carbocycles. The van der Waals surface area contributed by atoms with E-state index >= 15 is 0 Å². The second-order valence-electron chi connectivity index (χ2n) is 10.9. The molecule has 4 aliphatic rings. The van der Waals surface area contributed by atoms with E-state index in [1.54, 1.807) is 28.8 Å². The number of hydrogen-bond acceptors (Lipinski definition) is 5. The van der Waals surface area contributed by atoms with E-state index < -0.39 is 0 Å². The van der Waals surface area contributed by atoms with Crippen LogP contribution in [0.25, 0.3) is 5.78 Å². The number of carbonyl (C=O) groups excluding carboxylic acids is 1. The molecule has 0 spiro atoms. The van der Waals surface area contributed by atoms with Crippen LogP contribution in [0.3, 0.4) is 0 Å². The fourth-order valence-corrected chi connectivity index (χ4v) is 7.65. The summed E-state index contributed by atoms with van der Waals surface area (Å²) in [5.74, 6) is 3.52. The van der Waals surface area contributed by atoms with E-state index in [-0.39, 0.29) is 22.9 Å². The lowest BCUT2D eigenvalue weighted by Gasteiger charge is -2.55. The summed E-state index contributed by atoms with van der Waals surface area (Å²) in [7, 11) is 0. The SMILES string of the molecule is CC(C)n1cnc2nc(CSc3ccc(NC(=O)C45CC6CC(CC(C6)C4)C5)cc3)cc(=O)n21. The Morgan fingerprint density at radius 1 is 1.12 bits per heavy atom. The summed E-state index contributed by atoms with van der Waals surface area (Å²) in [5.41, 5.74) is 1.32. The molecule has 0 radical (unpaired) electrons. The van der Waals surface area contributed by atoms with Crippen molar-refractivity contribution in [3.05, 3.63) is 52.7 Å². The van der Waals surface area contributed by atoms with Gasteiger partial charge in [0.2, 0.25) is 5.91 Å². The number of amides is 1. The molecule has 1 amide bonds. The number of benzene rings is 1. The van der Waals surface area contributed by atoms with E-state index in [0.717, 1.165) is 47.6 Å². The molecular weight excluding hydrogens is 446 g/mol. The van der Waals surface area contributed by atoms with Gasteiger partial charge in [0.25, 0.3) is 11.3 Å². The van der Waals surface area contributed by atoms with Crippen LogP contribution in [-0.2, 0) is 10.5 Å². The molecule has 7 rings (SSSR count). The topological polar surface area (TPSA) is 81.3 Å². The fraction of sp³-hybridized carbons (Fsp3) is 0.538. The highest BCUT2D eigenvalue weighted by atomic mass is 32.2. The summed E-state index contributed by atoms with van der Waals surface area (Å²) < 4.78 is 3.30. The number of fused-ring (bicyclic) bond motifs is 1. The standard InChI is InChI=1S/C26H31N5O2S/c1-16(2)30-15-27-25-29-21(10-23(32)31(25)30)14-34-22-5-3-20(4-6-22)28-24(33)26-11-17-7-18(12-26)9-19(8-17)13-26/h3-6,10,15-19H,7-9,11-14H2,1-2H3,(H,28,33). The maximum Gasteiger partial charge on any atom is 0.274 e. The zero-order valence-corrected chi connectivity index (χ0v) is 20.6. The third-order valence-electron chi connectivity index (χ3n) is 8.00. The Labute approximate surface area is 203 Å². The number of aromatic nitrogens is 4. The normalized spacial score (nSPS) is 27.6. The summed E-state index contributed by atoms with van der Waals surface area (Å²) in [6, 6.07) is 9.73. The first kappa shape index (κ1) is 21.9. The maximum absolute atomic E-state index is 13.3. The Kier molecular flexibility index (Phi) is 5.32. The van der Waals surface area contributed by atoms with Gasteiger partial charge in [0.15, 0.2) is 0 Å². The molecule has 1 aromatic carbocycles. The Morgan fingerprint density at radius 3 is 2.38 bits per heavy atom. The highest BCUT2D eigenvalue weighted by Gasteiger charge is 2.54. The molecule has 2 heterocycles. The van der Waals surface area contributed by atoms with Gasteiger partial charge in [0.1, 0.15) is 6.33 Å². The molecule has 7 nitrogen and oxygen atoms in total. The monoisotopic (exact) mass is 477 g/mol. The maximum atomic E-state index is 13.3. The minimum atomic E-state index is -0.136. The molecule has 0 atom stereocenters. The van der Waals surface area contributed by atoms with Crippen molar-refractivity contribution in [2.45, 2.75) is 69.1 Å². The lowest BCUT2D eigenvalue weighted by Crippen LogP contribution is -2.51. The number of nitrogens with one attached hydrogen (secondary N) is 1. The van der Waals surface area contributed by atoms with Gasteiger partial charge in [-0.15, -0.1) is 11.8 Å². The van der Waals surface area contributed by atoms with Crippen LogP contribution < -0.4 is 10.9 Å². The molecule has 0 saturated heterocycles. The van der Waals surface area contributed by atoms with Crippen LogP contribution in [0.1, 0.15) is 64.1 Å². The largest absolute Gasteiger partial charge is 0.326 e. The number of nitrogens with zero attached hydrogens (tertiary/aromatic N) is 4. The van der Waals surface area contributed by atoms with Crippen LogP contribution in [0.2, 0.25) is 0 Å². The van der Waals surface area contributed by atoms with Gasteiger partial charge in [-0.1, -0.05) is 0 Å². The Balaban J connectivity index is 1.10. The van der Waals surface area contributed by atoms with Gasteiger partial charge in [-0.25, -0.2) is 4.98 Å². The van der Waals surface area contributed by atoms with Crippen molar-refractivity contribution in [1.82, 2.24) is 19.2 Å². The Morgan fingerprint density at radius 2 is 1.76 bits per heavy atom. The average Bonchev–Trinajstić information content (AvgIpc) is 3.23. The van der Waals surface area contributed by atoms with Crippen molar-refractivity contribution in [3.63, 3.8) is 0 Å². The molecular formula is C26H31N5O2S. The van der Waals surface area contributed by atoms with E-state index in [9.17, 15) is 9.59 Å².